The molecule has 1 saturated carbocycles. The maximum Gasteiger partial charge on any atom is 0.416 e. The number of pyridine rings is 1. The average Bonchev–Trinajstić information content (AvgIpc) is 3.68. The van der Waals surface area contributed by atoms with Crippen molar-refractivity contribution in [3.05, 3.63) is 89.0 Å². The molecule has 1 aliphatic carbocycles. The van der Waals surface area contributed by atoms with Gasteiger partial charge in [0.2, 0.25) is 0 Å². The van der Waals surface area contributed by atoms with Crippen LogP contribution < -0.4 is 10.1 Å². The number of nitrogens with one attached hydrogen (secondary N) is 1. The number of thioether (sulfide) groups is 1. The second-order valence-corrected chi connectivity index (χ2v) is 14.8. The largest absolute Gasteiger partial charge is 0.496 e. The molecule has 0 unspecified atom stereocenters. The van der Waals surface area contributed by atoms with Gasteiger partial charge in [-0.25, -0.2) is 4.98 Å². The molecule has 7 rings (SSSR count). The number of hydrogen-bond donors (Lipinski definition) is 1. The summed E-state index contributed by atoms with van der Waals surface area (Å²) in [6, 6.07) is 19.7. The first-order valence-corrected chi connectivity index (χ1v) is 18.4. The molecule has 49 heavy (non-hydrogen) atoms. The summed E-state index contributed by atoms with van der Waals surface area (Å²) in [6.07, 6.45) is 1.64. The number of hydrogen-bond acceptors (Lipinski definition) is 6. The molecule has 2 saturated heterocycles. The van der Waals surface area contributed by atoms with Crippen LogP contribution in [0.2, 0.25) is 0 Å². The van der Waals surface area contributed by atoms with Gasteiger partial charge in [0.25, 0.3) is 5.91 Å². The lowest BCUT2D eigenvalue weighted by Gasteiger charge is -2.37. The Balaban J connectivity index is 1.38. The Labute approximate surface area is 290 Å². The van der Waals surface area contributed by atoms with Gasteiger partial charge in [-0.15, -0.1) is 11.8 Å². The van der Waals surface area contributed by atoms with E-state index in [0.29, 0.717) is 51.6 Å². The molecule has 3 fully saturated rings. The molecule has 4 aromatic rings. The van der Waals surface area contributed by atoms with Crippen molar-refractivity contribution in [3.63, 3.8) is 0 Å². The maximum atomic E-state index is 14.8. The van der Waals surface area contributed by atoms with Gasteiger partial charge in [-0.3, -0.25) is 9.69 Å². The zero-order valence-electron chi connectivity index (χ0n) is 28.1. The highest BCUT2D eigenvalue weighted by Crippen LogP contribution is 2.46. The molecule has 6 nitrogen and oxygen atoms in total. The van der Waals surface area contributed by atoms with Gasteiger partial charge >= 0.3 is 6.18 Å². The molecule has 3 heterocycles. The third kappa shape index (κ3) is 7.05. The summed E-state index contributed by atoms with van der Waals surface area (Å²) < 4.78 is 47.9. The summed E-state index contributed by atoms with van der Waals surface area (Å²) in [6.45, 7) is 6.45. The summed E-state index contributed by atoms with van der Waals surface area (Å²) in [5, 5.41) is 4.07. The van der Waals surface area contributed by atoms with Crippen LogP contribution in [0.3, 0.4) is 0 Å². The predicted octanol–water partition coefficient (Wildman–Crippen LogP) is 8.52. The average molecular weight is 689 g/mol. The van der Waals surface area contributed by atoms with E-state index in [1.165, 1.54) is 18.9 Å². The van der Waals surface area contributed by atoms with Crippen LogP contribution in [0.4, 0.5) is 13.2 Å². The Kier molecular flexibility index (Phi) is 9.65. The summed E-state index contributed by atoms with van der Waals surface area (Å²) >= 11 is 1.62. The van der Waals surface area contributed by atoms with Gasteiger partial charge in [-0.1, -0.05) is 49.4 Å². The number of carbonyl (C=O) groups excluding carboxylic acids is 1. The highest BCUT2D eigenvalue weighted by Gasteiger charge is 2.46. The molecule has 3 aromatic carbocycles. The van der Waals surface area contributed by atoms with Crippen molar-refractivity contribution in [2.75, 3.05) is 39.0 Å². The fourth-order valence-corrected chi connectivity index (χ4v) is 8.45. The summed E-state index contributed by atoms with van der Waals surface area (Å²) in [5.41, 5.74) is 2.19. The van der Waals surface area contributed by atoms with E-state index in [-0.39, 0.29) is 5.91 Å². The van der Waals surface area contributed by atoms with Crippen LogP contribution in [0.1, 0.15) is 72.5 Å². The fraction of sp³-hybridized carbons (Fsp3) is 0.436. The monoisotopic (exact) mass is 688 g/mol. The number of aromatic nitrogens is 1. The molecule has 0 spiro atoms. The Morgan fingerprint density at radius 1 is 1.00 bits per heavy atom. The molecule has 10 heteroatoms. The summed E-state index contributed by atoms with van der Waals surface area (Å²) in [4.78, 5) is 25.7. The minimum absolute atomic E-state index is 0.235. The number of halogens is 3. The van der Waals surface area contributed by atoms with Crippen LogP contribution in [-0.2, 0) is 18.3 Å². The van der Waals surface area contributed by atoms with E-state index in [9.17, 15) is 18.0 Å². The Hall–Kier alpha value is -3.60. The lowest BCUT2D eigenvalue weighted by Crippen LogP contribution is -2.43. The second-order valence-electron chi connectivity index (χ2n) is 13.5. The highest BCUT2D eigenvalue weighted by atomic mass is 32.2. The molecular formula is C39H43F3N4O2S. The first-order chi connectivity index (χ1) is 23.7. The van der Waals surface area contributed by atoms with E-state index in [2.05, 4.69) is 22.0 Å². The SMILES string of the molecule is CCSc1cc2c(C(=O)NC3(c4ccccc4)CC3)c(CN3CCC(N4CCCC4)CC3)c(-c3cccc(C(F)(F)F)c3)nc2cc1OC. The van der Waals surface area contributed by atoms with Crippen LogP contribution in [0.15, 0.2) is 71.6 Å². The molecule has 0 atom stereocenters. The van der Waals surface area contributed by atoms with Gasteiger partial charge in [0.1, 0.15) is 5.75 Å². The van der Waals surface area contributed by atoms with Gasteiger partial charge in [0.15, 0.2) is 0 Å². The number of ether oxygens (including phenoxy) is 1. The van der Waals surface area contributed by atoms with Crippen molar-refractivity contribution in [2.45, 2.75) is 74.6 Å². The van der Waals surface area contributed by atoms with Crippen LogP contribution in [0, 0.1) is 0 Å². The molecule has 258 valence electrons. The Bertz CT molecular complexity index is 1820. The molecule has 0 bridgehead atoms. The lowest BCUT2D eigenvalue weighted by atomic mass is 9.93. The minimum Gasteiger partial charge on any atom is -0.496 e. The third-order valence-corrected chi connectivity index (χ3v) is 11.3. The predicted molar refractivity (Wildman–Crippen MR) is 189 cm³/mol. The normalized spacial score (nSPS) is 18.6. The van der Waals surface area contributed by atoms with Crippen LogP contribution in [-0.4, -0.2) is 65.8 Å². The summed E-state index contributed by atoms with van der Waals surface area (Å²) in [5.74, 6) is 1.18. The Morgan fingerprint density at radius 2 is 1.73 bits per heavy atom. The van der Waals surface area contributed by atoms with E-state index < -0.39 is 17.3 Å². The van der Waals surface area contributed by atoms with E-state index in [1.807, 2.05) is 42.5 Å². The molecule has 2 aliphatic heterocycles. The number of benzene rings is 3. The molecule has 1 N–H and O–H groups in total. The lowest BCUT2D eigenvalue weighted by molar-refractivity contribution is -0.137. The van der Waals surface area contributed by atoms with Gasteiger partial charge in [-0.05, 0) is 94.2 Å². The van der Waals surface area contributed by atoms with Crippen molar-refractivity contribution in [1.82, 2.24) is 20.1 Å². The van der Waals surface area contributed by atoms with Gasteiger partial charge < -0.3 is 15.0 Å². The number of carbonyl (C=O) groups is 1. The molecular weight excluding hydrogens is 646 g/mol. The van der Waals surface area contributed by atoms with E-state index in [1.54, 1.807) is 24.9 Å². The third-order valence-electron chi connectivity index (χ3n) is 10.4. The number of amides is 1. The van der Waals surface area contributed by atoms with Crippen LogP contribution in [0.5, 0.6) is 5.75 Å². The van der Waals surface area contributed by atoms with Crippen LogP contribution >= 0.6 is 11.8 Å². The van der Waals surface area contributed by atoms with Gasteiger partial charge in [0.05, 0.1) is 39.9 Å². The molecule has 3 aliphatic rings. The van der Waals surface area contributed by atoms with Crippen molar-refractivity contribution in [1.29, 1.82) is 0 Å². The van der Waals surface area contributed by atoms with Crippen molar-refractivity contribution < 1.29 is 22.7 Å². The standard InChI is InChI=1S/C39H43F3N4O2S/c1-3-49-34-23-30-32(24-33(34)48-2)43-36(26-10-9-13-28(22-26)39(40,41)42)31(25-45-20-14-29(15-21-45)46-18-7-8-19-46)35(30)37(47)44-38(16-17-38)27-11-5-4-6-12-27/h4-6,9-13,22-24,29H,3,7-8,14-21,25H2,1-2H3,(H,44,47). The summed E-state index contributed by atoms with van der Waals surface area (Å²) in [7, 11) is 1.60. The molecule has 1 amide bonds. The van der Waals surface area contributed by atoms with E-state index in [0.717, 1.165) is 80.2 Å². The number of likely N-dealkylation sites (tertiary alicyclic amines) is 2. The van der Waals surface area contributed by atoms with Gasteiger partial charge in [-0.2, -0.15) is 13.2 Å². The number of rotatable bonds is 10. The fourth-order valence-electron chi connectivity index (χ4n) is 7.65. The highest BCUT2D eigenvalue weighted by molar-refractivity contribution is 7.99. The van der Waals surface area contributed by atoms with E-state index in [4.69, 9.17) is 9.72 Å². The van der Waals surface area contributed by atoms with Crippen molar-refractivity contribution in [2.24, 2.45) is 0 Å². The quantitative estimate of drug-likeness (QED) is 0.169. The molecule has 0 radical (unpaired) electrons. The van der Waals surface area contributed by atoms with Crippen LogP contribution in [0.25, 0.3) is 22.2 Å². The van der Waals surface area contributed by atoms with Gasteiger partial charge in [0, 0.05) is 35.2 Å². The number of alkyl halides is 3. The maximum absolute atomic E-state index is 14.8. The topological polar surface area (TPSA) is 57.7 Å². The molecule has 1 aromatic heterocycles. The van der Waals surface area contributed by atoms with Crippen molar-refractivity contribution >= 4 is 28.6 Å². The zero-order chi connectivity index (χ0) is 34.2. The Morgan fingerprint density at radius 3 is 2.39 bits per heavy atom. The number of methoxy groups -OCH3 is 1. The van der Waals surface area contributed by atoms with E-state index >= 15 is 0 Å². The number of nitrogens with zero attached hydrogens (tertiary/aromatic N) is 3. The zero-order valence-corrected chi connectivity index (χ0v) is 28.9. The second kappa shape index (κ2) is 14.0. The smallest absolute Gasteiger partial charge is 0.416 e. The van der Waals surface area contributed by atoms with Crippen molar-refractivity contribution in [3.8, 4) is 17.0 Å². The number of piperidine rings is 1. The first-order valence-electron chi connectivity index (χ1n) is 17.4. The number of fused-ring (bicyclic) bond motifs is 1. The minimum atomic E-state index is -4.52. The first kappa shape index (κ1) is 33.9.